The zero-order valence-electron chi connectivity index (χ0n) is 10.1. The van der Waals surface area contributed by atoms with E-state index in [1.807, 2.05) is 0 Å². The molecule has 0 aromatic heterocycles. The SMILES string of the molecule is N#Cc1c(OC(F)F)cccc1S(=O)(=O)N1CCSC1. The number of benzene rings is 1. The fourth-order valence-corrected chi connectivity index (χ4v) is 4.73. The van der Waals surface area contributed by atoms with Crippen LogP contribution >= 0.6 is 11.8 Å². The minimum Gasteiger partial charge on any atom is -0.433 e. The van der Waals surface area contributed by atoms with Crippen molar-refractivity contribution >= 4 is 21.8 Å². The van der Waals surface area contributed by atoms with Crippen LogP contribution in [0.15, 0.2) is 23.1 Å². The lowest BCUT2D eigenvalue weighted by molar-refractivity contribution is -0.0502. The van der Waals surface area contributed by atoms with E-state index in [1.165, 1.54) is 28.2 Å². The average molecular weight is 320 g/mol. The summed E-state index contributed by atoms with van der Waals surface area (Å²) in [6.07, 6.45) is 0. The summed E-state index contributed by atoms with van der Waals surface area (Å²) in [5.74, 6) is 0.511. The number of sulfonamides is 1. The Morgan fingerprint density at radius 3 is 2.75 bits per heavy atom. The molecule has 0 radical (unpaired) electrons. The summed E-state index contributed by atoms with van der Waals surface area (Å²) in [6.45, 7) is -2.79. The van der Waals surface area contributed by atoms with Crippen molar-refractivity contribution in [3.63, 3.8) is 0 Å². The van der Waals surface area contributed by atoms with Gasteiger partial charge in [-0.15, -0.1) is 11.8 Å². The largest absolute Gasteiger partial charge is 0.433 e. The first-order valence-electron chi connectivity index (χ1n) is 5.52. The Kier molecular flexibility index (Phi) is 4.47. The molecule has 9 heteroatoms. The van der Waals surface area contributed by atoms with E-state index in [9.17, 15) is 17.2 Å². The van der Waals surface area contributed by atoms with Crippen LogP contribution in [0.4, 0.5) is 8.78 Å². The zero-order valence-corrected chi connectivity index (χ0v) is 11.8. The molecular weight excluding hydrogens is 310 g/mol. The Morgan fingerprint density at radius 1 is 1.45 bits per heavy atom. The molecule has 1 aromatic carbocycles. The average Bonchev–Trinajstić information content (AvgIpc) is 2.92. The quantitative estimate of drug-likeness (QED) is 0.847. The van der Waals surface area contributed by atoms with Crippen LogP contribution in [-0.2, 0) is 10.0 Å². The van der Waals surface area contributed by atoms with Crippen LogP contribution in [0.3, 0.4) is 0 Å². The van der Waals surface area contributed by atoms with E-state index < -0.39 is 27.9 Å². The summed E-state index contributed by atoms with van der Waals surface area (Å²) in [4.78, 5) is -0.305. The van der Waals surface area contributed by atoms with Gasteiger partial charge in [-0.3, -0.25) is 0 Å². The second kappa shape index (κ2) is 5.95. The van der Waals surface area contributed by atoms with Gasteiger partial charge in [0.1, 0.15) is 22.3 Å². The Balaban J connectivity index is 2.49. The smallest absolute Gasteiger partial charge is 0.387 e. The van der Waals surface area contributed by atoms with Crippen LogP contribution in [0, 0.1) is 11.3 Å². The van der Waals surface area contributed by atoms with Crippen molar-refractivity contribution in [2.75, 3.05) is 18.2 Å². The molecule has 108 valence electrons. The highest BCUT2D eigenvalue weighted by molar-refractivity contribution is 8.00. The predicted octanol–water partition coefficient (Wildman–Crippen LogP) is 1.85. The molecule has 1 aliphatic rings. The summed E-state index contributed by atoms with van der Waals surface area (Å²) in [5, 5.41) is 9.06. The third-order valence-electron chi connectivity index (χ3n) is 2.65. The van der Waals surface area contributed by atoms with Crippen molar-refractivity contribution in [1.82, 2.24) is 4.31 Å². The molecule has 20 heavy (non-hydrogen) atoms. The number of hydrogen-bond donors (Lipinski definition) is 0. The molecule has 1 heterocycles. The van der Waals surface area contributed by atoms with Crippen molar-refractivity contribution in [2.24, 2.45) is 0 Å². The first-order valence-corrected chi connectivity index (χ1v) is 8.12. The van der Waals surface area contributed by atoms with Gasteiger partial charge in [-0.25, -0.2) is 8.42 Å². The van der Waals surface area contributed by atoms with Crippen molar-refractivity contribution in [1.29, 1.82) is 5.26 Å². The topological polar surface area (TPSA) is 70.4 Å². The predicted molar refractivity (Wildman–Crippen MR) is 69.0 cm³/mol. The van der Waals surface area contributed by atoms with Crippen LogP contribution in [0.25, 0.3) is 0 Å². The molecule has 2 rings (SSSR count). The lowest BCUT2D eigenvalue weighted by atomic mass is 10.2. The van der Waals surface area contributed by atoms with Gasteiger partial charge in [0.25, 0.3) is 0 Å². The molecule has 1 aromatic rings. The summed E-state index contributed by atoms with van der Waals surface area (Å²) < 4.78 is 54.7. The Bertz CT molecular complexity index is 638. The van der Waals surface area contributed by atoms with Crippen molar-refractivity contribution in [3.8, 4) is 11.8 Å². The Labute approximate surface area is 119 Å². The maximum atomic E-state index is 12.4. The van der Waals surface area contributed by atoms with Gasteiger partial charge < -0.3 is 4.74 Å². The van der Waals surface area contributed by atoms with Crippen molar-refractivity contribution in [2.45, 2.75) is 11.5 Å². The van der Waals surface area contributed by atoms with E-state index in [0.29, 0.717) is 12.3 Å². The van der Waals surface area contributed by atoms with Crippen LogP contribution in [0.2, 0.25) is 0 Å². The zero-order chi connectivity index (χ0) is 14.8. The number of nitriles is 1. The molecule has 0 spiro atoms. The van der Waals surface area contributed by atoms with Gasteiger partial charge in [0.05, 0.1) is 5.88 Å². The van der Waals surface area contributed by atoms with Crippen molar-refractivity contribution < 1.29 is 21.9 Å². The van der Waals surface area contributed by atoms with Gasteiger partial charge >= 0.3 is 6.61 Å². The van der Waals surface area contributed by atoms with Crippen LogP contribution < -0.4 is 4.74 Å². The molecule has 0 amide bonds. The standard InChI is InChI=1S/C11H10F2N2O3S2/c12-11(13)18-9-2-1-3-10(8(9)6-14)20(16,17)15-4-5-19-7-15/h1-3,11H,4-5,7H2. The molecule has 0 atom stereocenters. The molecule has 0 N–H and O–H groups in total. The highest BCUT2D eigenvalue weighted by Crippen LogP contribution is 2.30. The third-order valence-corrected chi connectivity index (χ3v) is 5.67. The van der Waals surface area contributed by atoms with Gasteiger partial charge in [0, 0.05) is 12.3 Å². The van der Waals surface area contributed by atoms with Crippen LogP contribution in [-0.4, -0.2) is 37.5 Å². The highest BCUT2D eigenvalue weighted by Gasteiger charge is 2.31. The van der Waals surface area contributed by atoms with E-state index in [0.717, 1.165) is 6.07 Å². The molecule has 1 aliphatic heterocycles. The van der Waals surface area contributed by atoms with Gasteiger partial charge in [-0.05, 0) is 12.1 Å². The van der Waals surface area contributed by atoms with Crippen LogP contribution in [0.1, 0.15) is 5.56 Å². The summed E-state index contributed by atoms with van der Waals surface area (Å²) >= 11 is 1.44. The molecule has 1 fully saturated rings. The van der Waals surface area contributed by atoms with E-state index in [-0.39, 0.29) is 10.8 Å². The molecular formula is C11H10F2N2O3S2. The van der Waals surface area contributed by atoms with Crippen LogP contribution in [0.5, 0.6) is 5.75 Å². The second-order valence-corrected chi connectivity index (χ2v) is 6.82. The lowest BCUT2D eigenvalue weighted by Crippen LogP contribution is -2.28. The number of rotatable bonds is 4. The molecule has 0 unspecified atom stereocenters. The number of halogens is 2. The van der Waals surface area contributed by atoms with E-state index in [1.54, 1.807) is 6.07 Å². The van der Waals surface area contributed by atoms with E-state index in [4.69, 9.17) is 5.26 Å². The van der Waals surface area contributed by atoms with E-state index in [2.05, 4.69) is 4.74 Å². The highest BCUT2D eigenvalue weighted by atomic mass is 32.2. The van der Waals surface area contributed by atoms with Gasteiger partial charge in [-0.1, -0.05) is 6.07 Å². The third kappa shape index (κ3) is 2.87. The van der Waals surface area contributed by atoms with E-state index >= 15 is 0 Å². The number of alkyl halides is 2. The fourth-order valence-electron chi connectivity index (χ4n) is 1.76. The number of ether oxygens (including phenoxy) is 1. The molecule has 0 bridgehead atoms. The number of hydrogen-bond acceptors (Lipinski definition) is 5. The van der Waals surface area contributed by atoms with Gasteiger partial charge in [-0.2, -0.15) is 18.3 Å². The molecule has 0 saturated carbocycles. The lowest BCUT2D eigenvalue weighted by Gasteiger charge is -2.17. The number of nitrogens with zero attached hydrogens (tertiary/aromatic N) is 2. The van der Waals surface area contributed by atoms with Gasteiger partial charge in [0.2, 0.25) is 10.0 Å². The minimum atomic E-state index is -3.87. The maximum absolute atomic E-state index is 12.4. The molecule has 0 aliphatic carbocycles. The summed E-state index contributed by atoms with van der Waals surface area (Å²) in [6, 6.07) is 5.26. The Morgan fingerprint density at radius 2 is 2.20 bits per heavy atom. The fraction of sp³-hybridized carbons (Fsp3) is 0.364. The monoisotopic (exact) mass is 320 g/mol. The minimum absolute atomic E-state index is 0.285. The first kappa shape index (κ1) is 15.0. The van der Waals surface area contributed by atoms with Gasteiger partial charge in [0.15, 0.2) is 0 Å². The summed E-state index contributed by atoms with van der Waals surface area (Å²) in [5.41, 5.74) is -0.398. The molecule has 1 saturated heterocycles. The second-order valence-electron chi connectivity index (χ2n) is 3.84. The summed E-state index contributed by atoms with van der Waals surface area (Å²) in [7, 11) is -3.87. The Hall–Kier alpha value is -1.37. The molecule has 5 nitrogen and oxygen atoms in total. The normalized spacial score (nSPS) is 16.3. The number of thioether (sulfide) groups is 1. The maximum Gasteiger partial charge on any atom is 0.387 e. The first-order chi connectivity index (χ1) is 9.46. The van der Waals surface area contributed by atoms with Crippen molar-refractivity contribution in [3.05, 3.63) is 23.8 Å².